The number of rotatable bonds is 3. The Labute approximate surface area is 136 Å². The summed E-state index contributed by atoms with van der Waals surface area (Å²) in [6, 6.07) is 2.97. The second kappa shape index (κ2) is 6.42. The predicted molar refractivity (Wildman–Crippen MR) is 86.1 cm³/mol. The van der Waals surface area contributed by atoms with Gasteiger partial charge in [-0.05, 0) is 37.8 Å². The molecule has 0 aliphatic carbocycles. The molecule has 4 nitrogen and oxygen atoms in total. The monoisotopic (exact) mass is 350 g/mol. The molecule has 1 aromatic rings. The van der Waals surface area contributed by atoms with Crippen LogP contribution in [0.2, 0.25) is 10.0 Å². The summed E-state index contributed by atoms with van der Waals surface area (Å²) in [5.41, 5.74) is 6.08. The topological polar surface area (TPSA) is 63.4 Å². The van der Waals surface area contributed by atoms with Crippen LogP contribution in [-0.2, 0) is 16.6 Å². The standard InChI is InChI=1S/C14H20Cl2N2O2S/c1-9-5-6-18(10(2)7-9)21(19,20)13-4-3-12(15)11(8-17)14(13)16/h3-4,9-10H,5-8,17H2,1-2H3. The molecule has 2 rings (SSSR count). The number of nitrogens with zero attached hydrogens (tertiary/aromatic N) is 1. The molecule has 2 unspecified atom stereocenters. The second-order valence-electron chi connectivity index (χ2n) is 5.64. The first-order chi connectivity index (χ1) is 9.78. The Kier molecular flexibility index (Phi) is 5.21. The Morgan fingerprint density at radius 1 is 1.33 bits per heavy atom. The van der Waals surface area contributed by atoms with Gasteiger partial charge in [0.1, 0.15) is 4.90 Å². The lowest BCUT2D eigenvalue weighted by Gasteiger charge is -2.35. The molecule has 0 aromatic heterocycles. The average molecular weight is 351 g/mol. The molecule has 0 saturated carbocycles. The minimum atomic E-state index is -3.63. The molecule has 1 aliphatic rings. The van der Waals surface area contributed by atoms with Gasteiger partial charge < -0.3 is 5.73 Å². The minimum absolute atomic E-state index is 0.0354. The number of halogens is 2. The van der Waals surface area contributed by atoms with Crippen LogP contribution in [0.5, 0.6) is 0 Å². The maximum atomic E-state index is 12.9. The van der Waals surface area contributed by atoms with E-state index in [0.717, 1.165) is 12.8 Å². The van der Waals surface area contributed by atoms with E-state index in [4.69, 9.17) is 28.9 Å². The summed E-state index contributed by atoms with van der Waals surface area (Å²) in [5, 5.41) is 0.526. The predicted octanol–water partition coefficient (Wildman–Crippen LogP) is 3.26. The van der Waals surface area contributed by atoms with Gasteiger partial charge in [0, 0.05) is 29.7 Å². The third-order valence-corrected chi connectivity index (χ3v) is 6.97. The van der Waals surface area contributed by atoms with Crippen molar-refractivity contribution in [3.63, 3.8) is 0 Å². The van der Waals surface area contributed by atoms with E-state index in [1.54, 1.807) is 6.07 Å². The summed E-state index contributed by atoms with van der Waals surface area (Å²) < 4.78 is 27.3. The van der Waals surface area contributed by atoms with Crippen LogP contribution >= 0.6 is 23.2 Å². The van der Waals surface area contributed by atoms with Crippen molar-refractivity contribution >= 4 is 33.2 Å². The van der Waals surface area contributed by atoms with Crippen LogP contribution in [0.4, 0.5) is 0 Å². The molecule has 21 heavy (non-hydrogen) atoms. The Morgan fingerprint density at radius 3 is 2.57 bits per heavy atom. The van der Waals surface area contributed by atoms with Crippen LogP contribution < -0.4 is 5.73 Å². The highest BCUT2D eigenvalue weighted by Crippen LogP contribution is 2.35. The Hall–Kier alpha value is -0.330. The molecule has 2 atom stereocenters. The van der Waals surface area contributed by atoms with Gasteiger partial charge in [0.25, 0.3) is 0 Å². The molecule has 1 aliphatic heterocycles. The van der Waals surface area contributed by atoms with Gasteiger partial charge in [0.15, 0.2) is 0 Å². The molecule has 1 fully saturated rings. The summed E-state index contributed by atoms with van der Waals surface area (Å²) >= 11 is 12.2. The zero-order chi connectivity index (χ0) is 15.8. The third-order valence-electron chi connectivity index (χ3n) is 4.02. The fourth-order valence-corrected chi connectivity index (χ4v) is 5.40. The van der Waals surface area contributed by atoms with Gasteiger partial charge in [-0.2, -0.15) is 4.31 Å². The maximum Gasteiger partial charge on any atom is 0.244 e. The molecule has 0 amide bonds. The van der Waals surface area contributed by atoms with Crippen LogP contribution in [0.15, 0.2) is 17.0 Å². The van der Waals surface area contributed by atoms with Crippen molar-refractivity contribution in [3.8, 4) is 0 Å². The molecule has 2 N–H and O–H groups in total. The number of benzene rings is 1. The van der Waals surface area contributed by atoms with E-state index >= 15 is 0 Å². The molecule has 0 spiro atoms. The van der Waals surface area contributed by atoms with Crippen molar-refractivity contribution in [2.24, 2.45) is 11.7 Å². The first kappa shape index (κ1) is 17.0. The second-order valence-corrected chi connectivity index (χ2v) is 8.28. The van der Waals surface area contributed by atoms with E-state index in [-0.39, 0.29) is 22.5 Å². The lowest BCUT2D eigenvalue weighted by Crippen LogP contribution is -2.44. The largest absolute Gasteiger partial charge is 0.326 e. The number of nitrogens with two attached hydrogens (primary N) is 1. The molecule has 1 saturated heterocycles. The van der Waals surface area contributed by atoms with Crippen molar-refractivity contribution < 1.29 is 8.42 Å². The summed E-state index contributed by atoms with van der Waals surface area (Å²) in [6.07, 6.45) is 1.71. The number of sulfonamides is 1. The third kappa shape index (κ3) is 3.22. The van der Waals surface area contributed by atoms with E-state index < -0.39 is 10.0 Å². The highest BCUT2D eigenvalue weighted by molar-refractivity contribution is 7.89. The van der Waals surface area contributed by atoms with Gasteiger partial charge in [-0.1, -0.05) is 30.1 Å². The first-order valence-corrected chi connectivity index (χ1v) is 9.17. The van der Waals surface area contributed by atoms with E-state index in [0.29, 0.717) is 23.0 Å². The van der Waals surface area contributed by atoms with Gasteiger partial charge in [0.2, 0.25) is 10.0 Å². The molecule has 118 valence electrons. The zero-order valence-corrected chi connectivity index (χ0v) is 14.5. The molecule has 0 bridgehead atoms. The lowest BCUT2D eigenvalue weighted by atomic mass is 9.95. The number of hydrogen-bond acceptors (Lipinski definition) is 3. The summed E-state index contributed by atoms with van der Waals surface area (Å²) in [7, 11) is -3.63. The van der Waals surface area contributed by atoms with Gasteiger partial charge in [-0.25, -0.2) is 8.42 Å². The van der Waals surface area contributed by atoms with Crippen LogP contribution in [0, 0.1) is 5.92 Å². The van der Waals surface area contributed by atoms with E-state index in [1.165, 1.54) is 10.4 Å². The Morgan fingerprint density at radius 2 is 2.00 bits per heavy atom. The van der Waals surface area contributed by atoms with Crippen LogP contribution in [0.3, 0.4) is 0 Å². The summed E-state index contributed by atoms with van der Waals surface area (Å²) in [4.78, 5) is 0.0930. The highest BCUT2D eigenvalue weighted by Gasteiger charge is 2.35. The Balaban J connectivity index is 2.45. The minimum Gasteiger partial charge on any atom is -0.326 e. The maximum absolute atomic E-state index is 12.9. The lowest BCUT2D eigenvalue weighted by molar-refractivity contribution is 0.220. The van der Waals surface area contributed by atoms with Crippen LogP contribution in [0.25, 0.3) is 0 Å². The van der Waals surface area contributed by atoms with Gasteiger partial charge in [0.05, 0.1) is 5.02 Å². The molecular weight excluding hydrogens is 331 g/mol. The molecule has 7 heteroatoms. The van der Waals surface area contributed by atoms with Crippen LogP contribution in [0.1, 0.15) is 32.3 Å². The SMILES string of the molecule is CC1CCN(S(=O)(=O)c2ccc(Cl)c(CN)c2Cl)C(C)C1. The van der Waals surface area contributed by atoms with Gasteiger partial charge in [-0.3, -0.25) is 0 Å². The fourth-order valence-electron chi connectivity index (χ4n) is 2.83. The van der Waals surface area contributed by atoms with E-state index in [9.17, 15) is 8.42 Å². The van der Waals surface area contributed by atoms with Gasteiger partial charge in [-0.15, -0.1) is 0 Å². The van der Waals surface area contributed by atoms with E-state index in [2.05, 4.69) is 6.92 Å². The first-order valence-electron chi connectivity index (χ1n) is 6.97. The van der Waals surface area contributed by atoms with Crippen molar-refractivity contribution in [1.82, 2.24) is 4.31 Å². The van der Waals surface area contributed by atoms with Crippen LogP contribution in [-0.4, -0.2) is 25.3 Å². The molecule has 1 heterocycles. The number of hydrogen-bond donors (Lipinski definition) is 1. The zero-order valence-electron chi connectivity index (χ0n) is 12.1. The molecule has 1 aromatic carbocycles. The highest BCUT2D eigenvalue weighted by atomic mass is 35.5. The van der Waals surface area contributed by atoms with Crippen molar-refractivity contribution in [2.45, 2.75) is 44.2 Å². The van der Waals surface area contributed by atoms with Crippen molar-refractivity contribution in [2.75, 3.05) is 6.54 Å². The average Bonchev–Trinajstić information content (AvgIpc) is 2.38. The molecular formula is C14H20Cl2N2O2S. The Bertz CT molecular complexity index is 634. The number of piperidine rings is 1. The van der Waals surface area contributed by atoms with Crippen molar-refractivity contribution in [1.29, 1.82) is 0 Å². The summed E-state index contributed by atoms with van der Waals surface area (Å²) in [6.45, 7) is 4.69. The van der Waals surface area contributed by atoms with Crippen molar-refractivity contribution in [3.05, 3.63) is 27.7 Å². The fraction of sp³-hybridized carbons (Fsp3) is 0.571. The smallest absolute Gasteiger partial charge is 0.244 e. The normalized spacial score (nSPS) is 24.2. The summed E-state index contributed by atoms with van der Waals surface area (Å²) in [5.74, 6) is 0.534. The molecule has 0 radical (unpaired) electrons. The van der Waals surface area contributed by atoms with Gasteiger partial charge >= 0.3 is 0 Å². The van der Waals surface area contributed by atoms with E-state index in [1.807, 2.05) is 6.92 Å². The quantitative estimate of drug-likeness (QED) is 0.909.